The molecule has 1 aliphatic rings. The first-order valence-electron chi connectivity index (χ1n) is 5.49. The van der Waals surface area contributed by atoms with Crippen LogP contribution in [0.5, 0.6) is 0 Å². The molecule has 1 aliphatic heterocycles. The van der Waals surface area contributed by atoms with Crippen molar-refractivity contribution in [3.8, 4) is 0 Å². The molecule has 0 amide bonds. The Hall–Kier alpha value is -0.370. The second-order valence-corrected chi connectivity index (χ2v) is 4.13. The van der Waals surface area contributed by atoms with Crippen LogP contribution in [0.1, 0.15) is 39.5 Å². The van der Waals surface area contributed by atoms with Crippen molar-refractivity contribution in [2.75, 3.05) is 19.6 Å². The fourth-order valence-corrected chi connectivity index (χ4v) is 1.88. The quantitative estimate of drug-likeness (QED) is 0.622. The fourth-order valence-electron chi connectivity index (χ4n) is 1.88. The summed E-state index contributed by atoms with van der Waals surface area (Å²) in [4.78, 5) is 13.7. The number of nitrogens with zero attached hydrogens (tertiary/aromatic N) is 1. The molecule has 0 saturated carbocycles. The molecule has 0 aromatic carbocycles. The Morgan fingerprint density at radius 3 is 2.85 bits per heavy atom. The minimum Gasteiger partial charge on any atom is -0.302 e. The van der Waals surface area contributed by atoms with Gasteiger partial charge in [-0.25, -0.2) is 0 Å². The fraction of sp³-hybridized carbons (Fsp3) is 0.909. The monoisotopic (exact) mass is 183 g/mol. The summed E-state index contributed by atoms with van der Waals surface area (Å²) in [6.45, 7) is 7.44. The number of carbonyl (C=O) groups excluding carboxylic acids is 1. The van der Waals surface area contributed by atoms with E-state index in [4.69, 9.17) is 0 Å². The molecular weight excluding hydrogens is 162 g/mol. The topological polar surface area (TPSA) is 20.3 Å². The molecule has 0 radical (unpaired) electrons. The summed E-state index contributed by atoms with van der Waals surface area (Å²) in [5.41, 5.74) is 0. The minimum atomic E-state index is 0.273. The van der Waals surface area contributed by atoms with Gasteiger partial charge in [0.05, 0.1) is 0 Å². The lowest BCUT2D eigenvalue weighted by Crippen LogP contribution is -2.39. The third-order valence-corrected chi connectivity index (χ3v) is 2.83. The van der Waals surface area contributed by atoms with E-state index in [1.165, 1.54) is 25.8 Å². The smallest absolute Gasteiger partial charge is 0.138 e. The number of piperidine rings is 1. The molecule has 1 unspecified atom stereocenters. The summed E-state index contributed by atoms with van der Waals surface area (Å²) >= 11 is 0. The van der Waals surface area contributed by atoms with Gasteiger partial charge in [-0.3, -0.25) is 4.79 Å². The molecule has 2 nitrogen and oxygen atoms in total. The van der Waals surface area contributed by atoms with Crippen LogP contribution in [0.15, 0.2) is 0 Å². The lowest BCUT2D eigenvalue weighted by Gasteiger charge is -2.29. The molecule has 0 aromatic heterocycles. The second-order valence-electron chi connectivity index (χ2n) is 4.13. The van der Waals surface area contributed by atoms with Gasteiger partial charge in [-0.1, -0.05) is 26.7 Å². The maximum absolute atomic E-state index is 11.2. The number of hydrogen-bond donors (Lipinski definition) is 0. The molecule has 0 spiro atoms. The first kappa shape index (κ1) is 10.7. The normalized spacial score (nSPS) is 25.1. The van der Waals surface area contributed by atoms with Gasteiger partial charge < -0.3 is 4.90 Å². The van der Waals surface area contributed by atoms with Crippen LogP contribution in [0.25, 0.3) is 0 Å². The van der Waals surface area contributed by atoms with Crippen LogP contribution in [0.2, 0.25) is 0 Å². The van der Waals surface area contributed by atoms with Crippen molar-refractivity contribution >= 4 is 5.78 Å². The Labute approximate surface area is 81.3 Å². The standard InChI is InChI=1S/C11H21NO/c1-3-4-5-7-12-8-6-11(13)10(2)9-12/h10H,3-9H2,1-2H3. The van der Waals surface area contributed by atoms with Crippen LogP contribution in [0.4, 0.5) is 0 Å². The lowest BCUT2D eigenvalue weighted by molar-refractivity contribution is -0.125. The van der Waals surface area contributed by atoms with E-state index in [0.717, 1.165) is 19.5 Å². The molecule has 2 heteroatoms. The largest absolute Gasteiger partial charge is 0.302 e. The minimum absolute atomic E-state index is 0.273. The molecule has 0 aliphatic carbocycles. The maximum atomic E-state index is 11.2. The molecule has 0 N–H and O–H groups in total. The highest BCUT2D eigenvalue weighted by Gasteiger charge is 2.22. The third-order valence-electron chi connectivity index (χ3n) is 2.83. The summed E-state index contributed by atoms with van der Waals surface area (Å²) in [6.07, 6.45) is 4.66. The van der Waals surface area contributed by atoms with E-state index >= 15 is 0 Å². The van der Waals surface area contributed by atoms with Gasteiger partial charge in [-0.15, -0.1) is 0 Å². The van der Waals surface area contributed by atoms with E-state index in [2.05, 4.69) is 11.8 Å². The molecule has 13 heavy (non-hydrogen) atoms. The van der Waals surface area contributed by atoms with Crippen LogP contribution in [0.3, 0.4) is 0 Å². The summed E-state index contributed by atoms with van der Waals surface area (Å²) < 4.78 is 0. The van der Waals surface area contributed by atoms with Gasteiger partial charge in [-0.2, -0.15) is 0 Å². The van der Waals surface area contributed by atoms with Crippen LogP contribution < -0.4 is 0 Å². The van der Waals surface area contributed by atoms with Gasteiger partial charge in [0, 0.05) is 25.4 Å². The Kier molecular flexibility index (Phi) is 4.43. The van der Waals surface area contributed by atoms with E-state index < -0.39 is 0 Å². The highest BCUT2D eigenvalue weighted by atomic mass is 16.1. The molecule has 0 bridgehead atoms. The number of hydrogen-bond acceptors (Lipinski definition) is 2. The lowest BCUT2D eigenvalue weighted by atomic mass is 9.98. The zero-order valence-corrected chi connectivity index (χ0v) is 8.88. The van der Waals surface area contributed by atoms with Gasteiger partial charge >= 0.3 is 0 Å². The van der Waals surface area contributed by atoms with Crippen LogP contribution in [0, 0.1) is 5.92 Å². The van der Waals surface area contributed by atoms with Crippen LogP contribution >= 0.6 is 0 Å². The average molecular weight is 183 g/mol. The first-order chi connectivity index (χ1) is 6.24. The van der Waals surface area contributed by atoms with Crippen molar-refractivity contribution in [2.45, 2.75) is 39.5 Å². The van der Waals surface area contributed by atoms with Gasteiger partial charge in [0.25, 0.3) is 0 Å². The summed E-state index contributed by atoms with van der Waals surface area (Å²) in [7, 11) is 0. The van der Waals surface area contributed by atoms with Crippen molar-refractivity contribution in [1.82, 2.24) is 4.90 Å². The zero-order chi connectivity index (χ0) is 9.68. The Morgan fingerprint density at radius 2 is 2.23 bits per heavy atom. The van der Waals surface area contributed by atoms with Gasteiger partial charge in [0.2, 0.25) is 0 Å². The predicted molar refractivity (Wildman–Crippen MR) is 54.8 cm³/mol. The zero-order valence-electron chi connectivity index (χ0n) is 8.88. The molecule has 1 fully saturated rings. The number of carbonyl (C=O) groups is 1. The summed E-state index contributed by atoms with van der Waals surface area (Å²) in [6, 6.07) is 0. The molecule has 1 saturated heterocycles. The average Bonchev–Trinajstić information content (AvgIpc) is 2.12. The molecule has 1 heterocycles. The van der Waals surface area contributed by atoms with E-state index in [1.54, 1.807) is 0 Å². The SMILES string of the molecule is CCCCCN1CCC(=O)C(C)C1. The highest BCUT2D eigenvalue weighted by Crippen LogP contribution is 2.12. The van der Waals surface area contributed by atoms with E-state index in [1.807, 2.05) is 6.92 Å². The van der Waals surface area contributed by atoms with E-state index in [9.17, 15) is 4.79 Å². The Morgan fingerprint density at radius 1 is 1.46 bits per heavy atom. The van der Waals surface area contributed by atoms with Gasteiger partial charge in [0.1, 0.15) is 5.78 Å². The number of Topliss-reactive ketones (excluding diaryl/α,β-unsaturated/α-hetero) is 1. The second kappa shape index (κ2) is 5.38. The summed E-state index contributed by atoms with van der Waals surface area (Å²) in [5, 5.41) is 0. The van der Waals surface area contributed by atoms with Gasteiger partial charge in [-0.05, 0) is 13.0 Å². The number of rotatable bonds is 4. The van der Waals surface area contributed by atoms with Crippen molar-refractivity contribution in [3.05, 3.63) is 0 Å². The van der Waals surface area contributed by atoms with Crippen LogP contribution in [-0.4, -0.2) is 30.3 Å². The maximum Gasteiger partial charge on any atom is 0.138 e. The summed E-state index contributed by atoms with van der Waals surface area (Å²) in [5.74, 6) is 0.724. The van der Waals surface area contributed by atoms with Crippen LogP contribution in [-0.2, 0) is 4.79 Å². The number of ketones is 1. The number of unbranched alkanes of at least 4 members (excludes halogenated alkanes) is 2. The first-order valence-corrected chi connectivity index (χ1v) is 5.49. The predicted octanol–water partition coefficient (Wildman–Crippen LogP) is 2.09. The third kappa shape index (κ3) is 3.47. The Balaban J connectivity index is 2.17. The molecule has 1 atom stereocenters. The van der Waals surface area contributed by atoms with E-state index in [-0.39, 0.29) is 5.92 Å². The molecule has 76 valence electrons. The number of likely N-dealkylation sites (tertiary alicyclic amines) is 1. The van der Waals surface area contributed by atoms with Crippen molar-refractivity contribution in [3.63, 3.8) is 0 Å². The highest BCUT2D eigenvalue weighted by molar-refractivity contribution is 5.81. The van der Waals surface area contributed by atoms with Crippen molar-refractivity contribution in [2.24, 2.45) is 5.92 Å². The molecular formula is C11H21NO. The Bertz CT molecular complexity index is 167. The molecule has 0 aromatic rings. The van der Waals surface area contributed by atoms with Gasteiger partial charge in [0.15, 0.2) is 0 Å². The van der Waals surface area contributed by atoms with E-state index in [0.29, 0.717) is 5.78 Å². The molecule has 1 rings (SSSR count). The van der Waals surface area contributed by atoms with Crippen molar-refractivity contribution < 1.29 is 4.79 Å². The van der Waals surface area contributed by atoms with Crippen molar-refractivity contribution in [1.29, 1.82) is 0 Å².